The van der Waals surface area contributed by atoms with E-state index in [-0.39, 0.29) is 17.7 Å². The van der Waals surface area contributed by atoms with Crippen LogP contribution in [0.15, 0.2) is 72.2 Å². The lowest BCUT2D eigenvalue weighted by Crippen LogP contribution is -2.52. The van der Waals surface area contributed by atoms with Crippen LogP contribution in [0.1, 0.15) is 39.8 Å². The molecule has 0 bridgehead atoms. The molecule has 1 aliphatic rings. The minimum atomic E-state index is -0.629. The highest BCUT2D eigenvalue weighted by Gasteiger charge is 2.32. The Morgan fingerprint density at radius 1 is 1.06 bits per heavy atom. The van der Waals surface area contributed by atoms with Gasteiger partial charge in [-0.05, 0) is 42.0 Å². The highest BCUT2D eigenvalue weighted by Crippen LogP contribution is 2.27. The Morgan fingerprint density at radius 3 is 2.73 bits per heavy atom. The van der Waals surface area contributed by atoms with Gasteiger partial charge in [0.25, 0.3) is 5.91 Å². The molecule has 8 heteroatoms. The number of hydrogen-bond acceptors (Lipinski definition) is 5. The first kappa shape index (κ1) is 21.3. The Labute approximate surface area is 196 Å². The maximum Gasteiger partial charge on any atom is 0.262 e. The lowest BCUT2D eigenvalue weighted by molar-refractivity contribution is -0.134. The van der Waals surface area contributed by atoms with Crippen LogP contribution in [0.25, 0.3) is 5.65 Å². The Bertz CT molecular complexity index is 1240. The number of nitrogens with one attached hydrogen (secondary N) is 1. The van der Waals surface area contributed by atoms with Crippen molar-refractivity contribution in [1.29, 1.82) is 0 Å². The summed E-state index contributed by atoms with van der Waals surface area (Å²) in [6, 6.07) is 18.6. The molecule has 1 aliphatic heterocycles. The van der Waals surface area contributed by atoms with E-state index in [0.717, 1.165) is 29.9 Å². The molecule has 2 atom stereocenters. The summed E-state index contributed by atoms with van der Waals surface area (Å²) in [6.45, 7) is 1.24. The number of carbonyl (C=O) groups excluding carboxylic acids is 2. The molecule has 33 heavy (non-hydrogen) atoms. The normalized spacial score (nSPS) is 17.1. The van der Waals surface area contributed by atoms with Crippen molar-refractivity contribution in [2.24, 2.45) is 0 Å². The second-order valence-electron chi connectivity index (χ2n) is 8.30. The summed E-state index contributed by atoms with van der Waals surface area (Å²) in [6.07, 6.45) is 4.25. The molecule has 1 saturated heterocycles. The molecule has 0 radical (unpaired) electrons. The van der Waals surface area contributed by atoms with Gasteiger partial charge in [0, 0.05) is 31.6 Å². The number of benzene rings is 1. The van der Waals surface area contributed by atoms with Crippen molar-refractivity contribution in [2.45, 2.75) is 31.2 Å². The van der Waals surface area contributed by atoms with Crippen LogP contribution in [0.4, 0.5) is 0 Å². The number of carbonyl (C=O) groups is 2. The maximum absolute atomic E-state index is 13.7. The number of amides is 2. The molecule has 4 heterocycles. The Balaban J connectivity index is 1.36. The average molecular weight is 460 g/mol. The number of aromatic nitrogens is 3. The van der Waals surface area contributed by atoms with Crippen molar-refractivity contribution in [3.05, 3.63) is 88.5 Å². The molecule has 5 rings (SSSR count). The molecule has 1 N–H and O–H groups in total. The molecule has 168 valence electrons. The molecule has 0 spiro atoms. The van der Waals surface area contributed by atoms with Gasteiger partial charge in [-0.2, -0.15) is 0 Å². The summed E-state index contributed by atoms with van der Waals surface area (Å²) in [7, 11) is 0. The summed E-state index contributed by atoms with van der Waals surface area (Å²) >= 11 is 1.37. The van der Waals surface area contributed by atoms with Crippen LogP contribution in [0.5, 0.6) is 0 Å². The standard InChI is InChI=1S/C25H25N5O2S/c31-24(21-11-7-15-33-21)26-20(16-18-8-2-1-3-9-18)25(32)29-13-6-10-19(17-29)23-28-27-22-12-4-5-14-30(22)23/h1-5,7-9,11-12,14-15,19-20H,6,10,13,16-17H2,(H,26,31). The van der Waals surface area contributed by atoms with Gasteiger partial charge >= 0.3 is 0 Å². The first-order chi connectivity index (χ1) is 16.2. The summed E-state index contributed by atoms with van der Waals surface area (Å²) in [5.74, 6) is 0.717. The van der Waals surface area contributed by atoms with Gasteiger partial charge in [0.2, 0.25) is 5.91 Å². The van der Waals surface area contributed by atoms with Gasteiger partial charge in [-0.1, -0.05) is 42.5 Å². The van der Waals surface area contributed by atoms with Crippen LogP contribution in [0.3, 0.4) is 0 Å². The highest BCUT2D eigenvalue weighted by molar-refractivity contribution is 7.12. The van der Waals surface area contributed by atoms with Gasteiger partial charge in [0.15, 0.2) is 5.65 Å². The molecule has 0 aliphatic carbocycles. The molecule has 2 unspecified atom stereocenters. The summed E-state index contributed by atoms with van der Waals surface area (Å²) in [4.78, 5) is 28.9. The summed E-state index contributed by atoms with van der Waals surface area (Å²) < 4.78 is 2.00. The minimum Gasteiger partial charge on any atom is -0.340 e. The van der Waals surface area contributed by atoms with Gasteiger partial charge in [-0.15, -0.1) is 21.5 Å². The highest BCUT2D eigenvalue weighted by atomic mass is 32.1. The Morgan fingerprint density at radius 2 is 1.91 bits per heavy atom. The number of hydrogen-bond donors (Lipinski definition) is 1. The fourth-order valence-electron chi connectivity index (χ4n) is 4.43. The second-order valence-corrected chi connectivity index (χ2v) is 9.25. The predicted molar refractivity (Wildman–Crippen MR) is 127 cm³/mol. The topological polar surface area (TPSA) is 79.6 Å². The molecule has 2 amide bonds. The van der Waals surface area contributed by atoms with E-state index in [9.17, 15) is 9.59 Å². The van der Waals surface area contributed by atoms with Crippen LogP contribution in [0, 0.1) is 0 Å². The van der Waals surface area contributed by atoms with E-state index in [1.165, 1.54) is 11.3 Å². The first-order valence-electron chi connectivity index (χ1n) is 11.2. The number of rotatable bonds is 6. The lowest BCUT2D eigenvalue weighted by atomic mass is 9.95. The Kier molecular flexibility index (Phi) is 6.17. The molecular formula is C25H25N5O2S. The number of nitrogens with zero attached hydrogens (tertiary/aromatic N) is 4. The Hall–Kier alpha value is -3.52. The van der Waals surface area contributed by atoms with Crippen molar-refractivity contribution in [1.82, 2.24) is 24.8 Å². The summed E-state index contributed by atoms with van der Waals surface area (Å²) in [5, 5.41) is 13.5. The van der Waals surface area contributed by atoms with E-state index >= 15 is 0 Å². The number of likely N-dealkylation sites (tertiary alicyclic amines) is 1. The van der Waals surface area contributed by atoms with E-state index in [1.807, 2.05) is 75.5 Å². The third-order valence-corrected chi connectivity index (χ3v) is 6.94. The molecule has 3 aromatic heterocycles. The van der Waals surface area contributed by atoms with E-state index < -0.39 is 6.04 Å². The smallest absolute Gasteiger partial charge is 0.262 e. The van der Waals surface area contributed by atoms with Crippen molar-refractivity contribution >= 4 is 28.8 Å². The SMILES string of the molecule is O=C(NC(Cc1ccccc1)C(=O)N1CCCC(c2nnc3ccccn23)C1)c1cccs1. The lowest BCUT2D eigenvalue weighted by Gasteiger charge is -2.34. The van der Waals surface area contributed by atoms with E-state index in [2.05, 4.69) is 15.5 Å². The van der Waals surface area contributed by atoms with Crippen LogP contribution in [-0.2, 0) is 11.2 Å². The van der Waals surface area contributed by atoms with Gasteiger partial charge in [0.1, 0.15) is 11.9 Å². The van der Waals surface area contributed by atoms with E-state index in [4.69, 9.17) is 0 Å². The van der Waals surface area contributed by atoms with Crippen LogP contribution in [0.2, 0.25) is 0 Å². The quantitative estimate of drug-likeness (QED) is 0.478. The fraction of sp³-hybridized carbons (Fsp3) is 0.280. The minimum absolute atomic E-state index is 0.0534. The second kappa shape index (κ2) is 9.54. The molecule has 7 nitrogen and oxygen atoms in total. The predicted octanol–water partition coefficient (Wildman–Crippen LogP) is 3.54. The largest absolute Gasteiger partial charge is 0.340 e. The van der Waals surface area contributed by atoms with Crippen LogP contribution in [-0.4, -0.2) is 50.4 Å². The molecule has 1 fully saturated rings. The summed E-state index contributed by atoms with van der Waals surface area (Å²) in [5.41, 5.74) is 1.82. The van der Waals surface area contributed by atoms with Crippen molar-refractivity contribution in [3.63, 3.8) is 0 Å². The number of pyridine rings is 1. The maximum atomic E-state index is 13.7. The van der Waals surface area contributed by atoms with Crippen molar-refractivity contribution < 1.29 is 9.59 Å². The van der Waals surface area contributed by atoms with E-state index in [0.29, 0.717) is 24.4 Å². The van der Waals surface area contributed by atoms with Gasteiger partial charge in [0.05, 0.1) is 4.88 Å². The third kappa shape index (κ3) is 4.66. The average Bonchev–Trinajstić information content (AvgIpc) is 3.54. The monoisotopic (exact) mass is 459 g/mol. The van der Waals surface area contributed by atoms with Gasteiger partial charge in [-0.3, -0.25) is 14.0 Å². The number of fused-ring (bicyclic) bond motifs is 1. The zero-order valence-electron chi connectivity index (χ0n) is 18.1. The van der Waals surface area contributed by atoms with Crippen LogP contribution < -0.4 is 5.32 Å². The van der Waals surface area contributed by atoms with Crippen LogP contribution >= 0.6 is 11.3 Å². The molecule has 0 saturated carbocycles. The van der Waals surface area contributed by atoms with Gasteiger partial charge < -0.3 is 10.2 Å². The number of thiophene rings is 1. The number of piperidine rings is 1. The van der Waals surface area contributed by atoms with Gasteiger partial charge in [-0.25, -0.2) is 0 Å². The van der Waals surface area contributed by atoms with Crippen molar-refractivity contribution in [3.8, 4) is 0 Å². The zero-order valence-corrected chi connectivity index (χ0v) is 18.9. The molecular weight excluding hydrogens is 434 g/mol. The zero-order chi connectivity index (χ0) is 22.6. The van der Waals surface area contributed by atoms with Crippen molar-refractivity contribution in [2.75, 3.05) is 13.1 Å². The fourth-order valence-corrected chi connectivity index (χ4v) is 5.06. The van der Waals surface area contributed by atoms with E-state index in [1.54, 1.807) is 6.07 Å². The first-order valence-corrected chi connectivity index (χ1v) is 12.0. The molecule has 1 aromatic carbocycles. The molecule has 4 aromatic rings. The third-order valence-electron chi connectivity index (χ3n) is 6.07.